The number of carbonyl (C=O) groups excluding carboxylic acids is 1. The maximum absolute atomic E-state index is 11.9. The largest absolute Gasteiger partial charge is 0.427 e. The molecule has 0 aliphatic rings. The normalized spacial score (nSPS) is 10.2. The summed E-state index contributed by atoms with van der Waals surface area (Å²) in [6.07, 6.45) is 0.282. The van der Waals surface area contributed by atoms with Gasteiger partial charge in [-0.2, -0.15) is 8.78 Å². The second-order valence-corrected chi connectivity index (χ2v) is 3.00. The van der Waals surface area contributed by atoms with Gasteiger partial charge in [0.1, 0.15) is 0 Å². The van der Waals surface area contributed by atoms with Crippen molar-refractivity contribution in [1.82, 2.24) is 0 Å². The van der Waals surface area contributed by atoms with E-state index in [1.54, 1.807) is 0 Å². The highest BCUT2D eigenvalue weighted by Gasteiger charge is 2.21. The number of hydrogen-bond donors (Lipinski definition) is 0. The molecule has 0 atom stereocenters. The van der Waals surface area contributed by atoms with Crippen LogP contribution in [0.15, 0.2) is 12.1 Å². The highest BCUT2D eigenvalue weighted by molar-refractivity contribution is 6.33. The molecule has 0 bridgehead atoms. The molecule has 8 heteroatoms. The molecule has 0 saturated heterocycles. The fourth-order valence-corrected chi connectivity index (χ4v) is 1.18. The van der Waals surface area contributed by atoms with Crippen molar-refractivity contribution in [3.63, 3.8) is 0 Å². The van der Waals surface area contributed by atoms with Crippen LogP contribution >= 0.6 is 11.6 Å². The lowest BCUT2D eigenvalue weighted by atomic mass is 10.2. The lowest BCUT2D eigenvalue weighted by Gasteiger charge is -2.06. The van der Waals surface area contributed by atoms with Crippen LogP contribution in [0.5, 0.6) is 5.75 Å². The number of nitrogens with zero attached hydrogens (tertiary/aromatic N) is 1. The fraction of sp³-hybridized carbons (Fsp3) is 0.125. The maximum Gasteiger partial charge on any atom is 0.387 e. The molecule has 0 fully saturated rings. The van der Waals surface area contributed by atoms with E-state index in [4.69, 9.17) is 11.6 Å². The molecule has 0 heterocycles. The highest BCUT2D eigenvalue weighted by atomic mass is 35.5. The Morgan fingerprint density at radius 2 is 2.12 bits per heavy atom. The third-order valence-corrected chi connectivity index (χ3v) is 1.95. The van der Waals surface area contributed by atoms with Gasteiger partial charge in [-0.15, -0.1) is 0 Å². The van der Waals surface area contributed by atoms with Crippen LogP contribution in [0.2, 0.25) is 5.02 Å². The third kappa shape index (κ3) is 2.63. The first-order valence-corrected chi connectivity index (χ1v) is 4.21. The molecule has 0 amide bonds. The Balaban J connectivity index is 3.30. The van der Waals surface area contributed by atoms with Crippen LogP contribution in [0.25, 0.3) is 0 Å². The Hall–Kier alpha value is -1.76. The predicted octanol–water partition coefficient (Wildman–Crippen LogP) is 2.66. The summed E-state index contributed by atoms with van der Waals surface area (Å²) in [6.45, 7) is -3.22. The van der Waals surface area contributed by atoms with Gasteiger partial charge in [0, 0.05) is 11.6 Å². The minimum absolute atomic E-state index is 0.164. The molecule has 86 valence electrons. The SMILES string of the molecule is O=Cc1cc(OC(F)F)c([N+](=O)[O-])cc1Cl. The van der Waals surface area contributed by atoms with E-state index in [0.717, 1.165) is 12.1 Å². The van der Waals surface area contributed by atoms with E-state index < -0.39 is 23.0 Å². The quantitative estimate of drug-likeness (QED) is 0.469. The summed E-state index contributed by atoms with van der Waals surface area (Å²) in [6, 6.07) is 1.57. The summed E-state index contributed by atoms with van der Waals surface area (Å²) in [7, 11) is 0. The molecule has 0 unspecified atom stereocenters. The van der Waals surface area contributed by atoms with Gasteiger partial charge in [0.15, 0.2) is 6.29 Å². The van der Waals surface area contributed by atoms with Crippen LogP contribution in [-0.2, 0) is 0 Å². The summed E-state index contributed by atoms with van der Waals surface area (Å²) in [5.74, 6) is -0.702. The second kappa shape index (κ2) is 4.84. The molecular weight excluding hydrogens is 248 g/mol. The van der Waals surface area contributed by atoms with E-state index in [2.05, 4.69) is 4.74 Å². The second-order valence-electron chi connectivity index (χ2n) is 2.59. The average molecular weight is 252 g/mol. The molecule has 1 rings (SSSR count). The number of carbonyl (C=O) groups is 1. The Morgan fingerprint density at radius 1 is 1.50 bits per heavy atom. The third-order valence-electron chi connectivity index (χ3n) is 1.62. The Labute approximate surface area is 92.7 Å². The molecule has 0 aromatic heterocycles. The number of hydrogen-bond acceptors (Lipinski definition) is 4. The zero-order valence-corrected chi connectivity index (χ0v) is 8.28. The topological polar surface area (TPSA) is 69.4 Å². The smallest absolute Gasteiger partial charge is 0.387 e. The van der Waals surface area contributed by atoms with Gasteiger partial charge in [0.2, 0.25) is 5.75 Å². The summed E-state index contributed by atoms with van der Waals surface area (Å²) < 4.78 is 27.8. The first kappa shape index (κ1) is 12.3. The van der Waals surface area contributed by atoms with Gasteiger partial charge in [-0.1, -0.05) is 11.6 Å². The molecule has 1 aromatic carbocycles. The molecule has 16 heavy (non-hydrogen) atoms. The average Bonchev–Trinajstić information content (AvgIpc) is 2.19. The number of alkyl halides is 2. The van der Waals surface area contributed by atoms with Crippen molar-refractivity contribution in [3.05, 3.63) is 32.8 Å². The van der Waals surface area contributed by atoms with Crippen LogP contribution < -0.4 is 4.74 Å². The molecule has 5 nitrogen and oxygen atoms in total. The van der Waals surface area contributed by atoms with Crippen molar-refractivity contribution in [3.8, 4) is 5.75 Å². The van der Waals surface area contributed by atoms with Crippen LogP contribution in [0.4, 0.5) is 14.5 Å². The van der Waals surface area contributed by atoms with Crippen LogP contribution in [-0.4, -0.2) is 17.8 Å². The standard InChI is InChI=1S/C8H4ClF2NO4/c9-5-2-6(12(14)15)7(16-8(10)11)1-4(5)3-13/h1-3,8H. The van der Waals surface area contributed by atoms with Crippen LogP contribution in [0.1, 0.15) is 10.4 Å². The molecule has 0 N–H and O–H groups in total. The molecule has 0 radical (unpaired) electrons. The van der Waals surface area contributed by atoms with Gasteiger partial charge < -0.3 is 4.74 Å². The first-order chi connectivity index (χ1) is 7.45. The summed E-state index contributed by atoms with van der Waals surface area (Å²) in [5.41, 5.74) is -0.890. The number of rotatable bonds is 4. The summed E-state index contributed by atoms with van der Waals surface area (Å²) >= 11 is 5.50. The Morgan fingerprint density at radius 3 is 2.56 bits per heavy atom. The minimum atomic E-state index is -3.22. The van der Waals surface area contributed by atoms with Gasteiger partial charge >= 0.3 is 12.3 Å². The molecular formula is C8H4ClF2NO4. The van der Waals surface area contributed by atoms with E-state index in [9.17, 15) is 23.7 Å². The highest BCUT2D eigenvalue weighted by Crippen LogP contribution is 2.33. The minimum Gasteiger partial charge on any atom is -0.427 e. The molecule has 0 spiro atoms. The van der Waals surface area contributed by atoms with E-state index in [1.807, 2.05) is 0 Å². The first-order valence-electron chi connectivity index (χ1n) is 3.83. The zero-order valence-electron chi connectivity index (χ0n) is 7.52. The van der Waals surface area contributed by atoms with E-state index in [0.29, 0.717) is 0 Å². The Kier molecular flexibility index (Phi) is 3.73. The number of benzene rings is 1. The molecule has 0 aliphatic carbocycles. The maximum atomic E-state index is 11.9. The van der Waals surface area contributed by atoms with Crippen molar-refractivity contribution in [2.75, 3.05) is 0 Å². The monoisotopic (exact) mass is 251 g/mol. The van der Waals surface area contributed by atoms with Crippen molar-refractivity contribution < 1.29 is 23.2 Å². The van der Waals surface area contributed by atoms with Gasteiger partial charge in [0.25, 0.3) is 0 Å². The van der Waals surface area contributed by atoms with Crippen LogP contribution in [0, 0.1) is 10.1 Å². The summed E-state index contributed by atoms with van der Waals surface area (Å²) in [5, 5.41) is 10.3. The predicted molar refractivity (Wildman–Crippen MR) is 50.1 cm³/mol. The molecule has 0 aliphatic heterocycles. The van der Waals surface area contributed by atoms with Crippen molar-refractivity contribution in [2.45, 2.75) is 6.61 Å². The van der Waals surface area contributed by atoms with Gasteiger partial charge in [0.05, 0.1) is 9.95 Å². The zero-order chi connectivity index (χ0) is 12.3. The number of aldehydes is 1. The lowest BCUT2D eigenvalue weighted by molar-refractivity contribution is -0.386. The van der Waals surface area contributed by atoms with Gasteiger partial charge in [-0.25, -0.2) is 0 Å². The number of halogens is 3. The fourth-order valence-electron chi connectivity index (χ4n) is 0.982. The van der Waals surface area contributed by atoms with Crippen molar-refractivity contribution >= 4 is 23.6 Å². The lowest BCUT2D eigenvalue weighted by Crippen LogP contribution is -2.05. The van der Waals surface area contributed by atoms with Gasteiger partial charge in [-0.3, -0.25) is 14.9 Å². The van der Waals surface area contributed by atoms with E-state index in [-0.39, 0.29) is 16.9 Å². The van der Waals surface area contributed by atoms with Crippen molar-refractivity contribution in [2.24, 2.45) is 0 Å². The van der Waals surface area contributed by atoms with E-state index in [1.165, 1.54) is 0 Å². The number of ether oxygens (including phenoxy) is 1. The number of nitro groups is 1. The summed E-state index contributed by atoms with van der Waals surface area (Å²) in [4.78, 5) is 20.0. The Bertz CT molecular complexity index is 438. The van der Waals surface area contributed by atoms with E-state index >= 15 is 0 Å². The number of nitro benzene ring substituents is 1. The van der Waals surface area contributed by atoms with Crippen LogP contribution in [0.3, 0.4) is 0 Å². The van der Waals surface area contributed by atoms with Crippen molar-refractivity contribution in [1.29, 1.82) is 0 Å². The molecule has 0 saturated carbocycles. The molecule has 1 aromatic rings. The van der Waals surface area contributed by atoms with Gasteiger partial charge in [-0.05, 0) is 6.07 Å².